The highest BCUT2D eigenvalue weighted by atomic mass is 32.2. The molecule has 1 aromatic carbocycles. The third-order valence-corrected chi connectivity index (χ3v) is 3.79. The Bertz CT molecular complexity index is 420. The molecule has 0 saturated carbocycles. The van der Waals surface area contributed by atoms with Gasteiger partial charge in [-0.25, -0.2) is 0 Å². The van der Waals surface area contributed by atoms with Crippen molar-refractivity contribution in [3.8, 4) is 0 Å². The first-order valence-corrected chi connectivity index (χ1v) is 7.24. The minimum atomic E-state index is 0.257. The molecule has 1 heterocycles. The maximum absolute atomic E-state index is 11.9. The van der Waals surface area contributed by atoms with E-state index >= 15 is 0 Å². The fraction of sp³-hybridized carbons (Fsp3) is 0.462. The molecule has 0 fully saturated rings. The molecule has 0 radical (unpaired) electrons. The van der Waals surface area contributed by atoms with Crippen molar-refractivity contribution in [1.29, 1.82) is 0 Å². The fourth-order valence-electron chi connectivity index (χ4n) is 2.20. The monoisotopic (exact) mass is 250 g/mol. The summed E-state index contributed by atoms with van der Waals surface area (Å²) in [5.41, 5.74) is 9.22. The summed E-state index contributed by atoms with van der Waals surface area (Å²) in [6, 6.07) is 5.97. The summed E-state index contributed by atoms with van der Waals surface area (Å²) in [4.78, 5) is 13.9. The number of hydrogen-bond donors (Lipinski definition) is 1. The number of hydrogen-bond acceptors (Lipinski definition) is 3. The zero-order valence-electron chi connectivity index (χ0n) is 10.1. The lowest BCUT2D eigenvalue weighted by atomic mass is 9.98. The average Bonchev–Trinajstić information content (AvgIpc) is 2.36. The van der Waals surface area contributed by atoms with Gasteiger partial charge >= 0.3 is 0 Å². The van der Waals surface area contributed by atoms with Crippen LogP contribution in [-0.2, 0) is 17.8 Å². The molecule has 0 aliphatic carbocycles. The zero-order chi connectivity index (χ0) is 12.3. The van der Waals surface area contributed by atoms with Gasteiger partial charge in [0.25, 0.3) is 0 Å². The van der Waals surface area contributed by atoms with Crippen LogP contribution in [0, 0.1) is 0 Å². The van der Waals surface area contributed by atoms with Gasteiger partial charge in [-0.05, 0) is 29.9 Å². The Morgan fingerprint density at radius 2 is 2.35 bits per heavy atom. The van der Waals surface area contributed by atoms with E-state index in [-0.39, 0.29) is 5.91 Å². The second-order valence-electron chi connectivity index (χ2n) is 4.29. The van der Waals surface area contributed by atoms with Crippen LogP contribution in [0.4, 0.5) is 5.69 Å². The van der Waals surface area contributed by atoms with Crippen LogP contribution < -0.4 is 5.73 Å². The summed E-state index contributed by atoms with van der Waals surface area (Å²) in [7, 11) is 0. The van der Waals surface area contributed by atoms with Crippen molar-refractivity contribution in [2.75, 3.05) is 24.3 Å². The standard InChI is InChI=1S/C13H18N2OS/c1-17-8-6-13(16)15-7-5-11-10(9-15)3-2-4-12(11)14/h2-4H,5-9,14H2,1H3. The molecule has 17 heavy (non-hydrogen) atoms. The Hall–Kier alpha value is -1.16. The number of carbonyl (C=O) groups is 1. The lowest BCUT2D eigenvalue weighted by molar-refractivity contribution is -0.131. The molecular weight excluding hydrogens is 232 g/mol. The topological polar surface area (TPSA) is 46.3 Å². The molecule has 1 aliphatic rings. The van der Waals surface area contributed by atoms with Gasteiger partial charge in [-0.1, -0.05) is 12.1 Å². The fourth-order valence-corrected chi connectivity index (χ4v) is 2.58. The van der Waals surface area contributed by atoms with Crippen molar-refractivity contribution in [2.24, 2.45) is 0 Å². The highest BCUT2D eigenvalue weighted by molar-refractivity contribution is 7.98. The average molecular weight is 250 g/mol. The molecular formula is C13H18N2OS. The van der Waals surface area contributed by atoms with Gasteiger partial charge in [-0.15, -0.1) is 0 Å². The normalized spacial score (nSPS) is 14.5. The molecule has 0 aromatic heterocycles. The predicted octanol–water partition coefficient (Wildman–Crippen LogP) is 1.91. The molecule has 0 saturated heterocycles. The van der Waals surface area contributed by atoms with Crippen molar-refractivity contribution in [3.63, 3.8) is 0 Å². The van der Waals surface area contributed by atoms with Crippen molar-refractivity contribution in [2.45, 2.75) is 19.4 Å². The van der Waals surface area contributed by atoms with Gasteiger partial charge < -0.3 is 10.6 Å². The lowest BCUT2D eigenvalue weighted by Gasteiger charge is -2.29. The van der Waals surface area contributed by atoms with E-state index in [1.54, 1.807) is 11.8 Å². The number of amides is 1. The summed E-state index contributed by atoms with van der Waals surface area (Å²) in [6.45, 7) is 1.52. The van der Waals surface area contributed by atoms with Crippen LogP contribution in [0.15, 0.2) is 18.2 Å². The van der Waals surface area contributed by atoms with Crippen LogP contribution >= 0.6 is 11.8 Å². The third-order valence-electron chi connectivity index (χ3n) is 3.17. The van der Waals surface area contributed by atoms with Crippen molar-refractivity contribution in [3.05, 3.63) is 29.3 Å². The maximum atomic E-state index is 11.9. The number of rotatable bonds is 3. The van der Waals surface area contributed by atoms with Crippen LogP contribution in [0.25, 0.3) is 0 Å². The van der Waals surface area contributed by atoms with Gasteiger partial charge in [-0.2, -0.15) is 11.8 Å². The van der Waals surface area contributed by atoms with E-state index in [2.05, 4.69) is 6.07 Å². The van der Waals surface area contributed by atoms with Gasteiger partial charge in [0.2, 0.25) is 5.91 Å². The van der Waals surface area contributed by atoms with E-state index in [1.807, 2.05) is 23.3 Å². The first-order valence-electron chi connectivity index (χ1n) is 5.85. The molecule has 0 atom stereocenters. The minimum Gasteiger partial charge on any atom is -0.398 e. The highest BCUT2D eigenvalue weighted by Crippen LogP contribution is 2.24. The van der Waals surface area contributed by atoms with Crippen molar-refractivity contribution in [1.82, 2.24) is 4.90 Å². The van der Waals surface area contributed by atoms with E-state index in [0.717, 1.165) is 24.4 Å². The summed E-state index contributed by atoms with van der Waals surface area (Å²) in [5, 5.41) is 0. The first-order chi connectivity index (χ1) is 8.22. The molecule has 0 unspecified atom stereocenters. The summed E-state index contributed by atoms with van der Waals surface area (Å²) in [6.07, 6.45) is 3.55. The number of fused-ring (bicyclic) bond motifs is 1. The number of benzene rings is 1. The third kappa shape index (κ3) is 2.75. The quantitative estimate of drug-likeness (QED) is 0.834. The molecule has 0 bridgehead atoms. The minimum absolute atomic E-state index is 0.257. The molecule has 4 heteroatoms. The number of thioether (sulfide) groups is 1. The first kappa shape index (κ1) is 12.3. The zero-order valence-corrected chi connectivity index (χ0v) is 10.9. The van der Waals surface area contributed by atoms with Crippen LogP contribution in [-0.4, -0.2) is 29.4 Å². The SMILES string of the molecule is CSCCC(=O)N1CCc2c(N)cccc2C1. The molecule has 1 aromatic rings. The molecule has 2 N–H and O–H groups in total. The number of nitrogen functional groups attached to an aromatic ring is 1. The number of carbonyl (C=O) groups excluding carboxylic acids is 1. The second-order valence-corrected chi connectivity index (χ2v) is 5.28. The van der Waals surface area contributed by atoms with Crippen LogP contribution in [0.3, 0.4) is 0 Å². The van der Waals surface area contributed by atoms with Crippen LogP contribution in [0.5, 0.6) is 0 Å². The van der Waals surface area contributed by atoms with E-state index in [0.29, 0.717) is 13.0 Å². The Kier molecular flexibility index (Phi) is 3.94. The van der Waals surface area contributed by atoms with Gasteiger partial charge in [0.05, 0.1) is 0 Å². The van der Waals surface area contributed by atoms with Crippen molar-refractivity contribution >= 4 is 23.4 Å². The van der Waals surface area contributed by atoms with Gasteiger partial charge in [-0.3, -0.25) is 4.79 Å². The smallest absolute Gasteiger partial charge is 0.223 e. The maximum Gasteiger partial charge on any atom is 0.223 e. The summed E-state index contributed by atoms with van der Waals surface area (Å²) >= 11 is 1.71. The molecule has 1 amide bonds. The Balaban J connectivity index is 2.06. The van der Waals surface area contributed by atoms with Gasteiger partial charge in [0, 0.05) is 31.0 Å². The van der Waals surface area contributed by atoms with E-state index < -0.39 is 0 Å². The summed E-state index contributed by atoms with van der Waals surface area (Å²) < 4.78 is 0. The number of anilines is 1. The second kappa shape index (κ2) is 5.45. The number of nitrogens with two attached hydrogens (primary N) is 1. The van der Waals surface area contributed by atoms with Crippen molar-refractivity contribution < 1.29 is 4.79 Å². The Morgan fingerprint density at radius 1 is 1.53 bits per heavy atom. The van der Waals surface area contributed by atoms with Gasteiger partial charge in [0.1, 0.15) is 0 Å². The highest BCUT2D eigenvalue weighted by Gasteiger charge is 2.21. The summed E-state index contributed by atoms with van der Waals surface area (Å²) in [5.74, 6) is 1.16. The Morgan fingerprint density at radius 3 is 3.12 bits per heavy atom. The lowest BCUT2D eigenvalue weighted by Crippen LogP contribution is -2.36. The van der Waals surface area contributed by atoms with Gasteiger partial charge in [0.15, 0.2) is 0 Å². The van der Waals surface area contributed by atoms with E-state index in [1.165, 1.54) is 11.1 Å². The molecule has 1 aliphatic heterocycles. The number of nitrogens with zero attached hydrogens (tertiary/aromatic N) is 1. The van der Waals surface area contributed by atoms with E-state index in [9.17, 15) is 4.79 Å². The predicted molar refractivity (Wildman–Crippen MR) is 73.0 cm³/mol. The van der Waals surface area contributed by atoms with Crippen LogP contribution in [0.2, 0.25) is 0 Å². The molecule has 0 spiro atoms. The van der Waals surface area contributed by atoms with Crippen LogP contribution in [0.1, 0.15) is 17.5 Å². The molecule has 92 valence electrons. The Labute approximate surface area is 106 Å². The largest absolute Gasteiger partial charge is 0.398 e. The molecule has 2 rings (SSSR count). The van der Waals surface area contributed by atoms with E-state index in [4.69, 9.17) is 5.73 Å². The molecule has 3 nitrogen and oxygen atoms in total.